The van der Waals surface area contributed by atoms with Gasteiger partial charge in [-0.2, -0.15) is 0 Å². The summed E-state index contributed by atoms with van der Waals surface area (Å²) in [5.41, 5.74) is 3.07. The van der Waals surface area contributed by atoms with Crippen LogP contribution in [0.2, 0.25) is 0 Å². The number of benzene rings is 4. The second kappa shape index (κ2) is 11.4. The van der Waals surface area contributed by atoms with Gasteiger partial charge in [0, 0.05) is 6.54 Å². The first-order chi connectivity index (χ1) is 19.0. The molecule has 1 aromatic heterocycles. The molecular weight excluding hydrogens is 489 g/mol. The lowest BCUT2D eigenvalue weighted by atomic mass is 10.1. The van der Waals surface area contributed by atoms with Crippen LogP contribution in [0.5, 0.6) is 0 Å². The van der Waals surface area contributed by atoms with Gasteiger partial charge in [0.05, 0.1) is 28.2 Å². The van der Waals surface area contributed by atoms with E-state index in [1.807, 2.05) is 80.6 Å². The fourth-order valence-electron chi connectivity index (χ4n) is 5.01. The van der Waals surface area contributed by atoms with Crippen molar-refractivity contribution in [3.8, 4) is 5.69 Å². The summed E-state index contributed by atoms with van der Waals surface area (Å²) in [6.07, 6.45) is 1.05. The summed E-state index contributed by atoms with van der Waals surface area (Å²) in [6, 6.07) is 30.2. The molecular formula is C33H30FN3O2. The number of hydrogen-bond acceptors (Lipinski definition) is 3. The second-order valence-corrected chi connectivity index (χ2v) is 9.60. The Hall–Kier alpha value is -4.58. The molecule has 0 saturated carbocycles. The zero-order valence-electron chi connectivity index (χ0n) is 22.0. The van der Waals surface area contributed by atoms with Crippen LogP contribution in [0, 0.1) is 12.7 Å². The molecule has 0 bridgehead atoms. The van der Waals surface area contributed by atoms with Crippen molar-refractivity contribution in [1.29, 1.82) is 0 Å². The van der Waals surface area contributed by atoms with E-state index in [4.69, 9.17) is 4.98 Å². The molecule has 39 heavy (non-hydrogen) atoms. The number of hydrogen-bond donors (Lipinski definition) is 0. The minimum absolute atomic E-state index is 0.00532. The molecule has 1 heterocycles. The van der Waals surface area contributed by atoms with E-state index < -0.39 is 17.8 Å². The first kappa shape index (κ1) is 26.0. The smallest absolute Gasteiger partial charge is 0.266 e. The first-order valence-corrected chi connectivity index (χ1v) is 13.2. The van der Waals surface area contributed by atoms with E-state index in [1.165, 1.54) is 12.1 Å². The molecule has 1 atom stereocenters. The Morgan fingerprint density at radius 1 is 0.923 bits per heavy atom. The topological polar surface area (TPSA) is 55.2 Å². The minimum Gasteiger partial charge on any atom is -0.328 e. The van der Waals surface area contributed by atoms with Crippen molar-refractivity contribution in [2.24, 2.45) is 0 Å². The van der Waals surface area contributed by atoms with Crippen molar-refractivity contribution in [1.82, 2.24) is 14.5 Å². The predicted octanol–water partition coefficient (Wildman–Crippen LogP) is 6.67. The van der Waals surface area contributed by atoms with Crippen LogP contribution in [0.1, 0.15) is 46.7 Å². The monoisotopic (exact) mass is 519 g/mol. The predicted molar refractivity (Wildman–Crippen MR) is 153 cm³/mol. The third-order valence-corrected chi connectivity index (χ3v) is 6.97. The molecule has 5 rings (SSSR count). The number of para-hydroxylation sites is 1. The number of halogens is 1. The molecule has 0 fully saturated rings. The van der Waals surface area contributed by atoms with E-state index in [2.05, 4.69) is 0 Å². The quantitative estimate of drug-likeness (QED) is 0.230. The lowest BCUT2D eigenvalue weighted by Crippen LogP contribution is -2.40. The van der Waals surface area contributed by atoms with Crippen LogP contribution < -0.4 is 5.56 Å². The number of fused-ring (bicyclic) bond motifs is 1. The number of carbonyl (C=O) groups is 1. The summed E-state index contributed by atoms with van der Waals surface area (Å²) in [6.45, 7) is 4.25. The van der Waals surface area contributed by atoms with Crippen LogP contribution >= 0.6 is 0 Å². The normalized spacial score (nSPS) is 11.9. The van der Waals surface area contributed by atoms with Gasteiger partial charge in [0.25, 0.3) is 11.5 Å². The average Bonchev–Trinajstić information content (AvgIpc) is 2.96. The van der Waals surface area contributed by atoms with Gasteiger partial charge in [0.15, 0.2) is 0 Å². The maximum atomic E-state index is 14.9. The molecule has 0 N–H and O–H groups in total. The highest BCUT2D eigenvalue weighted by atomic mass is 19.1. The van der Waals surface area contributed by atoms with Gasteiger partial charge in [-0.1, -0.05) is 73.7 Å². The zero-order valence-corrected chi connectivity index (χ0v) is 22.0. The molecule has 5 nitrogen and oxygen atoms in total. The molecule has 196 valence electrons. The maximum Gasteiger partial charge on any atom is 0.266 e. The summed E-state index contributed by atoms with van der Waals surface area (Å²) >= 11 is 0. The molecule has 0 saturated heterocycles. The number of amides is 1. The molecule has 1 unspecified atom stereocenters. The second-order valence-electron chi connectivity index (χ2n) is 9.60. The van der Waals surface area contributed by atoms with Gasteiger partial charge < -0.3 is 4.90 Å². The highest BCUT2D eigenvalue weighted by Gasteiger charge is 2.30. The van der Waals surface area contributed by atoms with E-state index in [-0.39, 0.29) is 11.1 Å². The summed E-state index contributed by atoms with van der Waals surface area (Å²) < 4.78 is 16.5. The van der Waals surface area contributed by atoms with Crippen LogP contribution in [0.4, 0.5) is 4.39 Å². The minimum atomic E-state index is -0.585. The Balaban J connectivity index is 1.70. The van der Waals surface area contributed by atoms with Crippen LogP contribution in [0.15, 0.2) is 108 Å². The molecule has 5 aromatic rings. The summed E-state index contributed by atoms with van der Waals surface area (Å²) in [5, 5.41) is 0.494. The Bertz CT molecular complexity index is 1680. The molecule has 6 heteroatoms. The van der Waals surface area contributed by atoms with Crippen molar-refractivity contribution < 1.29 is 9.18 Å². The Kier molecular flexibility index (Phi) is 7.64. The average molecular weight is 520 g/mol. The molecule has 0 spiro atoms. The lowest BCUT2D eigenvalue weighted by molar-refractivity contribution is 0.0657. The van der Waals surface area contributed by atoms with E-state index in [0.717, 1.165) is 11.1 Å². The van der Waals surface area contributed by atoms with E-state index in [1.54, 1.807) is 33.7 Å². The van der Waals surface area contributed by atoms with Gasteiger partial charge in [0.1, 0.15) is 11.6 Å². The number of aromatic nitrogens is 2. The standard InChI is InChI=1S/C33H30FN3O2/c1-3-30(36(21-20-24-13-5-4-6-14-24)32(38)26-16-7-9-18-28(26)34)31-35-29-19-10-8-17-27(29)33(39)37(31)25-15-11-12-23(2)22-25/h4-19,22,30H,3,20-21H2,1-2H3. The molecule has 4 aromatic carbocycles. The van der Waals surface area contributed by atoms with E-state index in [0.29, 0.717) is 41.8 Å². The van der Waals surface area contributed by atoms with Gasteiger partial charge in [-0.3, -0.25) is 14.2 Å². The summed E-state index contributed by atoms with van der Waals surface area (Å²) in [7, 11) is 0. The largest absolute Gasteiger partial charge is 0.328 e. The third kappa shape index (κ3) is 5.36. The number of carbonyl (C=O) groups excluding carboxylic acids is 1. The fourth-order valence-corrected chi connectivity index (χ4v) is 5.01. The van der Waals surface area contributed by atoms with Gasteiger partial charge >= 0.3 is 0 Å². The van der Waals surface area contributed by atoms with Crippen molar-refractivity contribution in [2.45, 2.75) is 32.7 Å². The number of aryl methyl sites for hydroxylation is 1. The Labute approximate surface area is 227 Å². The summed E-state index contributed by atoms with van der Waals surface area (Å²) in [5.74, 6) is -0.566. The number of nitrogens with zero attached hydrogens (tertiary/aromatic N) is 3. The zero-order chi connectivity index (χ0) is 27.4. The van der Waals surface area contributed by atoms with Gasteiger partial charge in [0.2, 0.25) is 0 Å². The third-order valence-electron chi connectivity index (χ3n) is 6.97. The van der Waals surface area contributed by atoms with Crippen molar-refractivity contribution in [3.05, 3.63) is 142 Å². The molecule has 0 aliphatic heterocycles. The fraction of sp³-hybridized carbons (Fsp3) is 0.182. The van der Waals surface area contributed by atoms with Gasteiger partial charge in [-0.25, -0.2) is 9.37 Å². The van der Waals surface area contributed by atoms with E-state index >= 15 is 0 Å². The van der Waals surface area contributed by atoms with Crippen LogP contribution in [0.3, 0.4) is 0 Å². The Morgan fingerprint density at radius 3 is 2.38 bits per heavy atom. The molecule has 0 aliphatic carbocycles. The maximum absolute atomic E-state index is 14.9. The highest BCUT2D eigenvalue weighted by Crippen LogP contribution is 2.28. The molecule has 0 aliphatic rings. The van der Waals surface area contributed by atoms with Crippen molar-refractivity contribution in [3.63, 3.8) is 0 Å². The highest BCUT2D eigenvalue weighted by molar-refractivity contribution is 5.94. The van der Waals surface area contributed by atoms with Gasteiger partial charge in [-0.05, 0) is 67.3 Å². The van der Waals surface area contributed by atoms with E-state index in [9.17, 15) is 14.0 Å². The van der Waals surface area contributed by atoms with Crippen LogP contribution in [0.25, 0.3) is 16.6 Å². The van der Waals surface area contributed by atoms with Gasteiger partial charge in [-0.15, -0.1) is 0 Å². The Morgan fingerprint density at radius 2 is 1.64 bits per heavy atom. The molecule has 1 amide bonds. The van der Waals surface area contributed by atoms with Crippen LogP contribution in [-0.4, -0.2) is 26.9 Å². The molecule has 0 radical (unpaired) electrons. The SMILES string of the molecule is CCC(c1nc2ccccc2c(=O)n1-c1cccc(C)c1)N(CCc1ccccc1)C(=O)c1ccccc1F. The lowest BCUT2D eigenvalue weighted by Gasteiger charge is -2.32. The van der Waals surface area contributed by atoms with Crippen molar-refractivity contribution in [2.75, 3.05) is 6.54 Å². The van der Waals surface area contributed by atoms with Crippen molar-refractivity contribution >= 4 is 16.8 Å². The number of rotatable bonds is 8. The first-order valence-electron chi connectivity index (χ1n) is 13.2. The van der Waals surface area contributed by atoms with Crippen LogP contribution in [-0.2, 0) is 6.42 Å². The summed E-state index contributed by atoms with van der Waals surface area (Å²) in [4.78, 5) is 34.5.